The van der Waals surface area contributed by atoms with Crippen LogP contribution >= 0.6 is 23.8 Å². The average Bonchev–Trinajstić information content (AvgIpc) is 2.49. The van der Waals surface area contributed by atoms with Gasteiger partial charge in [-0.2, -0.15) is 0 Å². The fraction of sp³-hybridized carbons (Fsp3) is 0.278. The van der Waals surface area contributed by atoms with Crippen molar-refractivity contribution in [3.63, 3.8) is 0 Å². The van der Waals surface area contributed by atoms with E-state index in [0.717, 1.165) is 17.9 Å². The van der Waals surface area contributed by atoms with Crippen molar-refractivity contribution in [2.45, 2.75) is 32.0 Å². The van der Waals surface area contributed by atoms with E-state index in [9.17, 15) is 0 Å². The molecule has 0 spiro atoms. The SMILES string of the molecule is Cc1ccc2c(c1)[C@H]1C[C@@](C)(O2)N(c2ccc(Cl)cc2)C(=S)N1. The van der Waals surface area contributed by atoms with Gasteiger partial charge >= 0.3 is 0 Å². The summed E-state index contributed by atoms with van der Waals surface area (Å²) < 4.78 is 6.38. The van der Waals surface area contributed by atoms with Gasteiger partial charge in [-0.25, -0.2) is 0 Å². The summed E-state index contributed by atoms with van der Waals surface area (Å²) in [5.41, 5.74) is 2.87. The predicted molar refractivity (Wildman–Crippen MR) is 97.2 cm³/mol. The molecule has 2 heterocycles. The minimum absolute atomic E-state index is 0.180. The lowest BCUT2D eigenvalue weighted by atomic mass is 9.89. The first kappa shape index (κ1) is 14.8. The number of aryl methyl sites for hydroxylation is 1. The number of ether oxygens (including phenoxy) is 1. The van der Waals surface area contributed by atoms with Gasteiger partial charge in [-0.3, -0.25) is 4.90 Å². The minimum atomic E-state index is -0.511. The summed E-state index contributed by atoms with van der Waals surface area (Å²) in [6.45, 7) is 4.18. The first-order valence-corrected chi connectivity index (χ1v) is 8.41. The molecule has 0 saturated carbocycles. The van der Waals surface area contributed by atoms with E-state index in [0.29, 0.717) is 10.1 Å². The van der Waals surface area contributed by atoms with Crippen LogP contribution in [0.25, 0.3) is 0 Å². The summed E-state index contributed by atoms with van der Waals surface area (Å²) in [6.07, 6.45) is 0.826. The lowest BCUT2D eigenvalue weighted by molar-refractivity contribution is 0.0497. The van der Waals surface area contributed by atoms with Crippen LogP contribution in [-0.4, -0.2) is 10.8 Å². The molecule has 2 aliphatic rings. The largest absolute Gasteiger partial charge is 0.467 e. The molecule has 118 valence electrons. The number of hydrogen-bond donors (Lipinski definition) is 1. The molecule has 0 radical (unpaired) electrons. The molecule has 2 atom stereocenters. The van der Waals surface area contributed by atoms with Gasteiger partial charge in [0.15, 0.2) is 10.8 Å². The third-order valence-corrected chi connectivity index (χ3v) is 5.06. The number of benzene rings is 2. The number of thiocarbonyl (C=S) groups is 1. The van der Waals surface area contributed by atoms with Gasteiger partial charge in [0.25, 0.3) is 0 Å². The molecule has 1 fully saturated rings. The third-order valence-electron chi connectivity index (χ3n) is 4.51. The number of rotatable bonds is 1. The standard InChI is InChI=1S/C18H17ClN2OS/c1-11-3-8-16-14(9-11)15-10-18(2,22-16)21(17(23)20-15)13-6-4-12(19)5-7-13/h3-9,15H,10H2,1-2H3,(H,20,23)/t15-,18-/m1/s1. The van der Waals surface area contributed by atoms with Gasteiger partial charge in [-0.15, -0.1) is 0 Å². The normalized spacial score (nSPS) is 25.4. The van der Waals surface area contributed by atoms with Crippen LogP contribution in [0.1, 0.15) is 30.5 Å². The van der Waals surface area contributed by atoms with Crippen LogP contribution in [0.4, 0.5) is 5.69 Å². The van der Waals surface area contributed by atoms with Crippen LogP contribution in [0.3, 0.4) is 0 Å². The van der Waals surface area contributed by atoms with E-state index in [4.69, 9.17) is 28.6 Å². The van der Waals surface area contributed by atoms with E-state index in [1.807, 2.05) is 35.2 Å². The Morgan fingerprint density at radius 1 is 1.26 bits per heavy atom. The maximum Gasteiger partial charge on any atom is 0.188 e. The Hall–Kier alpha value is -1.78. The number of nitrogens with one attached hydrogen (secondary N) is 1. The van der Waals surface area contributed by atoms with E-state index < -0.39 is 5.72 Å². The highest BCUT2D eigenvalue weighted by Gasteiger charge is 2.48. The monoisotopic (exact) mass is 344 g/mol. The predicted octanol–water partition coefficient (Wildman–Crippen LogP) is 4.58. The fourth-order valence-corrected chi connectivity index (χ4v) is 4.04. The van der Waals surface area contributed by atoms with E-state index in [-0.39, 0.29) is 6.04 Å². The molecule has 2 bridgehead atoms. The molecule has 0 aromatic heterocycles. The highest BCUT2D eigenvalue weighted by atomic mass is 35.5. The second kappa shape index (κ2) is 5.11. The summed E-state index contributed by atoms with van der Waals surface area (Å²) in [6, 6.07) is 14.2. The molecule has 2 aromatic carbocycles. The fourth-order valence-electron chi connectivity index (χ4n) is 3.48. The van der Waals surface area contributed by atoms with Crippen LogP contribution in [-0.2, 0) is 0 Å². The highest BCUT2D eigenvalue weighted by Crippen LogP contribution is 2.45. The Bertz CT molecular complexity index is 792. The molecule has 0 amide bonds. The summed E-state index contributed by atoms with van der Waals surface area (Å²) in [5.74, 6) is 0.920. The number of fused-ring (bicyclic) bond motifs is 4. The maximum absolute atomic E-state index is 6.38. The zero-order chi connectivity index (χ0) is 16.2. The molecule has 1 saturated heterocycles. The van der Waals surface area contributed by atoms with E-state index >= 15 is 0 Å². The van der Waals surface area contributed by atoms with E-state index in [2.05, 4.69) is 31.3 Å². The van der Waals surface area contributed by atoms with Crippen molar-refractivity contribution >= 4 is 34.6 Å². The Morgan fingerprint density at radius 2 is 2.00 bits per heavy atom. The van der Waals surface area contributed by atoms with E-state index in [1.165, 1.54) is 11.1 Å². The van der Waals surface area contributed by atoms with Crippen molar-refractivity contribution in [2.24, 2.45) is 0 Å². The van der Waals surface area contributed by atoms with Crippen molar-refractivity contribution in [1.82, 2.24) is 5.32 Å². The zero-order valence-electron chi connectivity index (χ0n) is 13.0. The Labute approximate surface area is 146 Å². The van der Waals surface area contributed by atoms with Crippen molar-refractivity contribution < 1.29 is 4.74 Å². The lowest BCUT2D eigenvalue weighted by Crippen LogP contribution is -2.65. The smallest absolute Gasteiger partial charge is 0.188 e. The molecule has 3 nitrogen and oxygen atoms in total. The topological polar surface area (TPSA) is 24.5 Å². The quantitative estimate of drug-likeness (QED) is 0.765. The number of anilines is 1. The molecular formula is C18H17ClN2OS. The molecule has 0 unspecified atom stereocenters. The van der Waals surface area contributed by atoms with Crippen LogP contribution in [0.5, 0.6) is 5.75 Å². The van der Waals surface area contributed by atoms with Gasteiger partial charge in [0.05, 0.1) is 6.04 Å². The number of nitrogens with zero attached hydrogens (tertiary/aromatic N) is 1. The van der Waals surface area contributed by atoms with Gasteiger partial charge in [0.1, 0.15) is 5.75 Å². The average molecular weight is 345 g/mol. The van der Waals surface area contributed by atoms with Crippen LogP contribution < -0.4 is 15.0 Å². The molecule has 1 N–H and O–H groups in total. The molecule has 0 aliphatic carbocycles. The molecule has 2 aliphatic heterocycles. The zero-order valence-corrected chi connectivity index (χ0v) is 14.5. The summed E-state index contributed by atoms with van der Waals surface area (Å²) in [7, 11) is 0. The maximum atomic E-state index is 6.38. The molecule has 2 aromatic rings. The molecule has 23 heavy (non-hydrogen) atoms. The van der Waals surface area contributed by atoms with Crippen LogP contribution in [0.2, 0.25) is 5.02 Å². The van der Waals surface area contributed by atoms with Gasteiger partial charge < -0.3 is 10.1 Å². The van der Waals surface area contributed by atoms with Crippen molar-refractivity contribution in [3.8, 4) is 5.75 Å². The highest BCUT2D eigenvalue weighted by molar-refractivity contribution is 7.80. The number of hydrogen-bond acceptors (Lipinski definition) is 2. The Kier molecular flexibility index (Phi) is 3.29. The van der Waals surface area contributed by atoms with Gasteiger partial charge in [-0.1, -0.05) is 29.3 Å². The molecular weight excluding hydrogens is 328 g/mol. The Morgan fingerprint density at radius 3 is 2.74 bits per heavy atom. The summed E-state index contributed by atoms with van der Waals surface area (Å²) in [5, 5.41) is 4.85. The second-order valence-electron chi connectivity index (χ2n) is 6.34. The van der Waals surface area contributed by atoms with Crippen molar-refractivity contribution in [1.29, 1.82) is 0 Å². The molecule has 4 rings (SSSR count). The second-order valence-corrected chi connectivity index (χ2v) is 7.16. The lowest BCUT2D eigenvalue weighted by Gasteiger charge is -2.52. The van der Waals surface area contributed by atoms with Crippen molar-refractivity contribution in [3.05, 3.63) is 58.6 Å². The minimum Gasteiger partial charge on any atom is -0.467 e. The first-order valence-electron chi connectivity index (χ1n) is 7.62. The van der Waals surface area contributed by atoms with Gasteiger partial charge in [0.2, 0.25) is 0 Å². The van der Waals surface area contributed by atoms with Gasteiger partial charge in [0, 0.05) is 22.7 Å². The van der Waals surface area contributed by atoms with Crippen LogP contribution in [0, 0.1) is 6.92 Å². The number of halogens is 1. The third kappa shape index (κ3) is 2.37. The summed E-state index contributed by atoms with van der Waals surface area (Å²) >= 11 is 11.6. The van der Waals surface area contributed by atoms with Crippen molar-refractivity contribution in [2.75, 3.05) is 4.90 Å². The first-order chi connectivity index (χ1) is 11.0. The van der Waals surface area contributed by atoms with Crippen LogP contribution in [0.15, 0.2) is 42.5 Å². The van der Waals surface area contributed by atoms with E-state index in [1.54, 1.807) is 0 Å². The molecule has 5 heteroatoms. The summed E-state index contributed by atoms with van der Waals surface area (Å²) in [4.78, 5) is 2.04. The Balaban J connectivity index is 1.79. The van der Waals surface area contributed by atoms with Gasteiger partial charge in [-0.05, 0) is 56.4 Å².